The fourth-order valence-corrected chi connectivity index (χ4v) is 0.768. The summed E-state index contributed by atoms with van der Waals surface area (Å²) in [4.78, 5) is 3.88. The molecule has 0 radical (unpaired) electrons. The lowest BCUT2D eigenvalue weighted by atomic mass is 10.3. The first-order chi connectivity index (χ1) is 5.83. The number of hydrogen-bond acceptors (Lipinski definition) is 4. The number of aromatic nitrogens is 1. The highest BCUT2D eigenvalue weighted by Crippen LogP contribution is 2.01. The van der Waals surface area contributed by atoms with E-state index in [2.05, 4.69) is 10.3 Å². The summed E-state index contributed by atoms with van der Waals surface area (Å²) in [5.74, 6) is 0. The Kier molecular flexibility index (Phi) is 3.50. The topological polar surface area (TPSA) is 65.4 Å². The van der Waals surface area contributed by atoms with Crippen LogP contribution in [0.25, 0.3) is 0 Å². The van der Waals surface area contributed by atoms with Crippen molar-refractivity contribution in [1.29, 1.82) is 0 Å². The number of nitrogens with one attached hydrogen (secondary N) is 1. The SMILES string of the molecule is OCC(O)CNc1cccnc1. The number of pyridine rings is 1. The van der Waals surface area contributed by atoms with Crippen LogP contribution in [0.2, 0.25) is 0 Å². The van der Waals surface area contributed by atoms with E-state index in [0.717, 1.165) is 5.69 Å². The molecule has 12 heavy (non-hydrogen) atoms. The molecule has 1 heterocycles. The molecule has 0 fully saturated rings. The number of nitrogens with zero attached hydrogens (tertiary/aromatic N) is 1. The maximum atomic E-state index is 8.99. The van der Waals surface area contributed by atoms with Gasteiger partial charge in [0.05, 0.1) is 18.4 Å². The summed E-state index contributed by atoms with van der Waals surface area (Å²) in [5, 5.41) is 20.4. The van der Waals surface area contributed by atoms with Crippen molar-refractivity contribution in [3.8, 4) is 0 Å². The molecule has 1 unspecified atom stereocenters. The predicted octanol–water partition coefficient (Wildman–Crippen LogP) is -0.153. The summed E-state index contributed by atoms with van der Waals surface area (Å²) in [7, 11) is 0. The molecule has 0 aliphatic heterocycles. The van der Waals surface area contributed by atoms with Crippen LogP contribution in [0.5, 0.6) is 0 Å². The van der Waals surface area contributed by atoms with Crippen LogP contribution in [0, 0.1) is 0 Å². The van der Waals surface area contributed by atoms with Gasteiger partial charge in [0.1, 0.15) is 0 Å². The predicted molar refractivity (Wildman–Crippen MR) is 45.8 cm³/mol. The summed E-state index contributed by atoms with van der Waals surface area (Å²) >= 11 is 0. The molecule has 1 aromatic rings. The van der Waals surface area contributed by atoms with E-state index in [1.165, 1.54) is 0 Å². The van der Waals surface area contributed by atoms with Gasteiger partial charge in [-0.25, -0.2) is 0 Å². The smallest absolute Gasteiger partial charge is 0.0942 e. The van der Waals surface area contributed by atoms with Crippen molar-refractivity contribution in [1.82, 2.24) is 4.98 Å². The molecule has 0 spiro atoms. The molecule has 0 bridgehead atoms. The number of aliphatic hydroxyl groups excluding tert-OH is 2. The molecule has 0 saturated heterocycles. The number of anilines is 1. The minimum Gasteiger partial charge on any atom is -0.394 e. The lowest BCUT2D eigenvalue weighted by molar-refractivity contribution is 0.105. The second-order valence-electron chi connectivity index (χ2n) is 2.46. The molecular formula is C8H12N2O2. The van der Waals surface area contributed by atoms with Gasteiger partial charge in [0, 0.05) is 18.9 Å². The molecule has 0 aliphatic rings. The Morgan fingerprint density at radius 2 is 2.42 bits per heavy atom. The van der Waals surface area contributed by atoms with Gasteiger partial charge in [-0.05, 0) is 12.1 Å². The maximum Gasteiger partial charge on any atom is 0.0942 e. The summed E-state index contributed by atoms with van der Waals surface area (Å²) in [6.45, 7) is 0.107. The van der Waals surface area contributed by atoms with Gasteiger partial charge in [-0.3, -0.25) is 4.98 Å². The Balaban J connectivity index is 2.33. The molecule has 0 aromatic carbocycles. The minimum absolute atomic E-state index is 0.229. The van der Waals surface area contributed by atoms with E-state index >= 15 is 0 Å². The molecule has 1 aromatic heterocycles. The largest absolute Gasteiger partial charge is 0.394 e. The quantitative estimate of drug-likeness (QED) is 0.585. The molecule has 0 saturated carbocycles. The lowest BCUT2D eigenvalue weighted by Crippen LogP contribution is -2.22. The fraction of sp³-hybridized carbons (Fsp3) is 0.375. The first-order valence-corrected chi connectivity index (χ1v) is 3.75. The molecule has 4 nitrogen and oxygen atoms in total. The molecule has 1 rings (SSSR count). The molecule has 3 N–H and O–H groups in total. The molecule has 4 heteroatoms. The molecule has 0 amide bonds. The highest BCUT2D eigenvalue weighted by atomic mass is 16.3. The molecule has 66 valence electrons. The third-order valence-corrected chi connectivity index (χ3v) is 1.41. The van der Waals surface area contributed by atoms with Gasteiger partial charge in [0.15, 0.2) is 0 Å². The van der Waals surface area contributed by atoms with E-state index in [4.69, 9.17) is 10.2 Å². The third-order valence-electron chi connectivity index (χ3n) is 1.41. The zero-order valence-electron chi connectivity index (χ0n) is 6.64. The second-order valence-corrected chi connectivity index (χ2v) is 2.46. The van der Waals surface area contributed by atoms with Gasteiger partial charge in [-0.1, -0.05) is 0 Å². The lowest BCUT2D eigenvalue weighted by Gasteiger charge is -2.08. The van der Waals surface area contributed by atoms with Gasteiger partial charge in [-0.15, -0.1) is 0 Å². The van der Waals surface area contributed by atoms with Crippen LogP contribution >= 0.6 is 0 Å². The average molecular weight is 168 g/mol. The van der Waals surface area contributed by atoms with Crippen molar-refractivity contribution in [2.45, 2.75) is 6.10 Å². The van der Waals surface area contributed by atoms with Crippen molar-refractivity contribution in [2.24, 2.45) is 0 Å². The van der Waals surface area contributed by atoms with Crippen molar-refractivity contribution in [3.63, 3.8) is 0 Å². The Bertz CT molecular complexity index is 216. The standard InChI is InChI=1S/C8H12N2O2/c11-6-8(12)5-10-7-2-1-3-9-4-7/h1-4,8,10-12H,5-6H2. The van der Waals surface area contributed by atoms with E-state index in [9.17, 15) is 0 Å². The summed E-state index contributed by atoms with van der Waals surface area (Å²) < 4.78 is 0. The van der Waals surface area contributed by atoms with Crippen molar-refractivity contribution >= 4 is 5.69 Å². The third kappa shape index (κ3) is 2.86. The Morgan fingerprint density at radius 1 is 1.58 bits per heavy atom. The molecule has 0 aliphatic carbocycles. The van der Waals surface area contributed by atoms with Gasteiger partial charge >= 0.3 is 0 Å². The van der Waals surface area contributed by atoms with E-state index in [1.807, 2.05) is 6.07 Å². The maximum absolute atomic E-state index is 8.99. The number of rotatable bonds is 4. The van der Waals surface area contributed by atoms with Crippen LogP contribution in [-0.2, 0) is 0 Å². The van der Waals surface area contributed by atoms with Gasteiger partial charge < -0.3 is 15.5 Å². The van der Waals surface area contributed by atoms with Crippen molar-refractivity contribution in [3.05, 3.63) is 24.5 Å². The van der Waals surface area contributed by atoms with Crippen molar-refractivity contribution < 1.29 is 10.2 Å². The van der Waals surface area contributed by atoms with Crippen LogP contribution in [0.1, 0.15) is 0 Å². The Hall–Kier alpha value is -1.13. The van der Waals surface area contributed by atoms with E-state index in [1.54, 1.807) is 18.5 Å². The van der Waals surface area contributed by atoms with E-state index in [-0.39, 0.29) is 6.61 Å². The second kappa shape index (κ2) is 4.69. The summed E-state index contributed by atoms with van der Waals surface area (Å²) in [5.41, 5.74) is 0.838. The zero-order chi connectivity index (χ0) is 8.81. The normalized spacial score (nSPS) is 12.5. The van der Waals surface area contributed by atoms with Crippen molar-refractivity contribution in [2.75, 3.05) is 18.5 Å². The Labute approximate surface area is 70.9 Å². The van der Waals surface area contributed by atoms with Crippen LogP contribution in [-0.4, -0.2) is 34.5 Å². The first kappa shape index (κ1) is 8.96. The Morgan fingerprint density at radius 3 is 3.00 bits per heavy atom. The van der Waals surface area contributed by atoms with Gasteiger partial charge in [0.25, 0.3) is 0 Å². The monoisotopic (exact) mass is 168 g/mol. The zero-order valence-corrected chi connectivity index (χ0v) is 6.64. The first-order valence-electron chi connectivity index (χ1n) is 3.75. The molecule has 1 atom stereocenters. The highest BCUT2D eigenvalue weighted by Gasteiger charge is 1.99. The average Bonchev–Trinajstić information content (AvgIpc) is 2.16. The molecular weight excluding hydrogens is 156 g/mol. The van der Waals surface area contributed by atoms with Crippen LogP contribution in [0.3, 0.4) is 0 Å². The van der Waals surface area contributed by atoms with Crippen LogP contribution in [0.15, 0.2) is 24.5 Å². The fourth-order valence-electron chi connectivity index (χ4n) is 0.768. The van der Waals surface area contributed by atoms with Gasteiger partial charge in [0.2, 0.25) is 0 Å². The van der Waals surface area contributed by atoms with Crippen LogP contribution in [0.4, 0.5) is 5.69 Å². The highest BCUT2D eigenvalue weighted by molar-refractivity contribution is 5.39. The van der Waals surface area contributed by atoms with E-state index in [0.29, 0.717) is 6.54 Å². The number of aliphatic hydroxyl groups is 2. The van der Waals surface area contributed by atoms with E-state index < -0.39 is 6.10 Å². The number of hydrogen-bond donors (Lipinski definition) is 3. The minimum atomic E-state index is -0.717. The van der Waals surface area contributed by atoms with Gasteiger partial charge in [-0.2, -0.15) is 0 Å². The summed E-state index contributed by atoms with van der Waals surface area (Å²) in [6, 6.07) is 3.64. The van der Waals surface area contributed by atoms with Crippen LogP contribution < -0.4 is 5.32 Å². The summed E-state index contributed by atoms with van der Waals surface area (Å²) in [6.07, 6.45) is 2.61.